The summed E-state index contributed by atoms with van der Waals surface area (Å²) in [6.07, 6.45) is -0.825. The van der Waals surface area contributed by atoms with Crippen LogP contribution in [0.15, 0.2) is 65.1 Å². The van der Waals surface area contributed by atoms with Crippen LogP contribution in [0.4, 0.5) is 0 Å². The van der Waals surface area contributed by atoms with Gasteiger partial charge in [-0.15, -0.1) is 12.4 Å². The van der Waals surface area contributed by atoms with Crippen LogP contribution in [0.2, 0.25) is 0 Å². The molecule has 0 bridgehead atoms. The minimum absolute atomic E-state index is 0. The molecular weight excluding hydrogens is 510 g/mol. The quantitative estimate of drug-likeness (QED) is 0.373. The molecule has 3 aromatic rings. The predicted octanol–water partition coefficient (Wildman–Crippen LogP) is 5.57. The molecular formula is C25H27BrClNO5. The van der Waals surface area contributed by atoms with Crippen molar-refractivity contribution in [1.29, 1.82) is 0 Å². The van der Waals surface area contributed by atoms with Crippen LogP contribution in [-0.4, -0.2) is 25.6 Å². The van der Waals surface area contributed by atoms with Crippen molar-refractivity contribution in [3.63, 3.8) is 0 Å². The molecule has 0 amide bonds. The van der Waals surface area contributed by atoms with E-state index in [4.69, 9.17) is 18.9 Å². The second-order valence-electron chi connectivity index (χ2n) is 7.56. The first-order valence-electron chi connectivity index (χ1n) is 10.4. The maximum absolute atomic E-state index is 10.6. The molecule has 1 heterocycles. The summed E-state index contributed by atoms with van der Waals surface area (Å²) in [5.41, 5.74) is 2.98. The van der Waals surface area contributed by atoms with Gasteiger partial charge in [0.2, 0.25) is 6.79 Å². The third kappa shape index (κ3) is 6.12. The Kier molecular flexibility index (Phi) is 8.86. The van der Waals surface area contributed by atoms with Crippen LogP contribution in [0.25, 0.3) is 0 Å². The highest BCUT2D eigenvalue weighted by molar-refractivity contribution is 9.10. The number of methoxy groups -OCH3 is 1. The van der Waals surface area contributed by atoms with Crippen molar-refractivity contribution in [2.24, 2.45) is 0 Å². The molecule has 0 saturated heterocycles. The Morgan fingerprint density at radius 1 is 1.03 bits per heavy atom. The zero-order valence-corrected chi connectivity index (χ0v) is 20.8. The lowest BCUT2D eigenvalue weighted by Crippen LogP contribution is -2.18. The lowest BCUT2D eigenvalue weighted by molar-refractivity contribution is 0.105. The number of rotatable bonds is 9. The van der Waals surface area contributed by atoms with Crippen LogP contribution >= 0.6 is 28.3 Å². The van der Waals surface area contributed by atoms with E-state index in [0.29, 0.717) is 35.1 Å². The standard InChI is InChI=1S/C25H26BrNO5.ClH/c1-16(18-6-4-3-5-7-18)27-13-17-10-20(26)25(24(11-17)29-2)30-14-21(28)19-8-9-22-23(12-19)32-15-31-22;/h3-12,16,21,27-28H,13-15H2,1-2H3;1H. The number of nitrogens with one attached hydrogen (secondary N) is 1. The second kappa shape index (κ2) is 11.6. The third-order valence-electron chi connectivity index (χ3n) is 5.37. The van der Waals surface area contributed by atoms with E-state index in [9.17, 15) is 5.11 Å². The van der Waals surface area contributed by atoms with E-state index in [2.05, 4.69) is 40.3 Å². The molecule has 0 radical (unpaired) electrons. The van der Waals surface area contributed by atoms with E-state index < -0.39 is 6.10 Å². The number of hydrogen-bond acceptors (Lipinski definition) is 6. The van der Waals surface area contributed by atoms with E-state index in [1.807, 2.05) is 30.3 Å². The van der Waals surface area contributed by atoms with Gasteiger partial charge in [0.1, 0.15) is 12.7 Å². The maximum atomic E-state index is 10.6. The van der Waals surface area contributed by atoms with Crippen molar-refractivity contribution < 1.29 is 24.1 Å². The van der Waals surface area contributed by atoms with Crippen molar-refractivity contribution in [2.45, 2.75) is 25.6 Å². The first-order valence-corrected chi connectivity index (χ1v) is 11.2. The molecule has 0 spiro atoms. The van der Waals surface area contributed by atoms with Crippen LogP contribution in [-0.2, 0) is 6.54 Å². The highest BCUT2D eigenvalue weighted by Crippen LogP contribution is 2.38. The summed E-state index contributed by atoms with van der Waals surface area (Å²) in [4.78, 5) is 0. The van der Waals surface area contributed by atoms with Crippen molar-refractivity contribution in [3.8, 4) is 23.0 Å². The van der Waals surface area contributed by atoms with E-state index in [0.717, 1.165) is 10.0 Å². The zero-order chi connectivity index (χ0) is 22.5. The molecule has 33 heavy (non-hydrogen) atoms. The summed E-state index contributed by atoms with van der Waals surface area (Å²) in [5.74, 6) is 2.45. The smallest absolute Gasteiger partial charge is 0.231 e. The number of aliphatic hydroxyl groups is 1. The summed E-state index contributed by atoms with van der Waals surface area (Å²) in [7, 11) is 1.60. The van der Waals surface area contributed by atoms with Crippen LogP contribution in [0, 0.1) is 0 Å². The molecule has 176 valence electrons. The van der Waals surface area contributed by atoms with Gasteiger partial charge in [-0.25, -0.2) is 0 Å². The van der Waals surface area contributed by atoms with Gasteiger partial charge < -0.3 is 29.4 Å². The fraction of sp³-hybridized carbons (Fsp3) is 0.280. The van der Waals surface area contributed by atoms with E-state index in [1.54, 1.807) is 25.3 Å². The summed E-state index contributed by atoms with van der Waals surface area (Å²) in [5, 5.41) is 14.1. The fourth-order valence-corrected chi connectivity index (χ4v) is 4.13. The van der Waals surface area contributed by atoms with Crippen LogP contribution in [0.5, 0.6) is 23.0 Å². The molecule has 0 fully saturated rings. The van der Waals surface area contributed by atoms with Crippen LogP contribution in [0.3, 0.4) is 0 Å². The number of halogens is 2. The van der Waals surface area contributed by atoms with Gasteiger partial charge in [0.05, 0.1) is 11.6 Å². The second-order valence-corrected chi connectivity index (χ2v) is 8.42. The molecule has 2 atom stereocenters. The zero-order valence-electron chi connectivity index (χ0n) is 18.4. The lowest BCUT2D eigenvalue weighted by Gasteiger charge is -2.18. The molecule has 0 aromatic heterocycles. The van der Waals surface area contributed by atoms with Gasteiger partial charge in [0.15, 0.2) is 23.0 Å². The Morgan fingerprint density at radius 3 is 2.55 bits per heavy atom. The molecule has 1 aliphatic rings. The topological polar surface area (TPSA) is 69.2 Å². The molecule has 2 unspecified atom stereocenters. The predicted molar refractivity (Wildman–Crippen MR) is 133 cm³/mol. The van der Waals surface area contributed by atoms with Gasteiger partial charge in [-0.1, -0.05) is 36.4 Å². The largest absolute Gasteiger partial charge is 0.493 e. The minimum atomic E-state index is -0.825. The third-order valence-corrected chi connectivity index (χ3v) is 5.96. The summed E-state index contributed by atoms with van der Waals surface area (Å²) in [6, 6.07) is 19.8. The summed E-state index contributed by atoms with van der Waals surface area (Å²) < 4.78 is 22.9. The fourth-order valence-electron chi connectivity index (χ4n) is 3.52. The van der Waals surface area contributed by atoms with E-state index in [-0.39, 0.29) is 31.8 Å². The SMILES string of the molecule is COc1cc(CNC(C)c2ccccc2)cc(Br)c1OCC(O)c1ccc2c(c1)OCO2.Cl. The first kappa shape index (κ1) is 25.2. The average molecular weight is 537 g/mol. The molecule has 2 N–H and O–H groups in total. The van der Waals surface area contributed by atoms with E-state index in [1.165, 1.54) is 5.56 Å². The Hall–Kier alpha value is -2.45. The van der Waals surface area contributed by atoms with E-state index >= 15 is 0 Å². The van der Waals surface area contributed by atoms with Crippen molar-refractivity contribution in [3.05, 3.63) is 81.8 Å². The van der Waals surface area contributed by atoms with Gasteiger partial charge in [-0.05, 0) is 63.8 Å². The van der Waals surface area contributed by atoms with Gasteiger partial charge in [0, 0.05) is 12.6 Å². The Bertz CT molecular complexity index is 1070. The van der Waals surface area contributed by atoms with Crippen molar-refractivity contribution >= 4 is 28.3 Å². The molecule has 3 aromatic carbocycles. The Balaban J connectivity index is 0.00000306. The van der Waals surface area contributed by atoms with Crippen LogP contribution < -0.4 is 24.3 Å². The van der Waals surface area contributed by atoms with Gasteiger partial charge in [-0.3, -0.25) is 0 Å². The molecule has 4 rings (SSSR count). The van der Waals surface area contributed by atoms with Crippen LogP contribution in [0.1, 0.15) is 35.8 Å². The number of benzene rings is 3. The molecule has 0 aliphatic carbocycles. The molecule has 0 saturated carbocycles. The molecule has 6 nitrogen and oxygen atoms in total. The molecule has 1 aliphatic heterocycles. The molecule has 8 heteroatoms. The minimum Gasteiger partial charge on any atom is -0.493 e. The number of ether oxygens (including phenoxy) is 4. The van der Waals surface area contributed by atoms with Gasteiger partial charge >= 0.3 is 0 Å². The highest BCUT2D eigenvalue weighted by atomic mass is 79.9. The van der Waals surface area contributed by atoms with Crippen molar-refractivity contribution in [1.82, 2.24) is 5.32 Å². The van der Waals surface area contributed by atoms with Crippen molar-refractivity contribution in [2.75, 3.05) is 20.5 Å². The summed E-state index contributed by atoms with van der Waals surface area (Å²) in [6.45, 7) is 3.07. The van der Waals surface area contributed by atoms with Gasteiger partial charge in [-0.2, -0.15) is 0 Å². The highest BCUT2D eigenvalue weighted by Gasteiger charge is 2.19. The normalized spacial score (nSPS) is 13.7. The Morgan fingerprint density at radius 2 is 1.79 bits per heavy atom. The lowest BCUT2D eigenvalue weighted by atomic mass is 10.1. The first-order chi connectivity index (χ1) is 15.5. The monoisotopic (exact) mass is 535 g/mol. The maximum Gasteiger partial charge on any atom is 0.231 e. The summed E-state index contributed by atoms with van der Waals surface area (Å²) >= 11 is 3.59. The average Bonchev–Trinajstić information content (AvgIpc) is 3.29. The number of hydrogen-bond donors (Lipinski definition) is 2. The number of aliphatic hydroxyl groups excluding tert-OH is 1. The Labute approximate surface area is 208 Å². The number of fused-ring (bicyclic) bond motifs is 1. The van der Waals surface area contributed by atoms with Gasteiger partial charge in [0.25, 0.3) is 0 Å².